The summed E-state index contributed by atoms with van der Waals surface area (Å²) in [5.74, 6) is 2.81. The van der Waals surface area contributed by atoms with Crippen LogP contribution in [0.25, 0.3) is 0 Å². The van der Waals surface area contributed by atoms with Crippen molar-refractivity contribution in [2.45, 2.75) is 72.1 Å². The molecule has 1 aliphatic carbocycles. The smallest absolute Gasteiger partial charge is 0.00463 e. The Labute approximate surface area is 109 Å². The zero-order valence-electron chi connectivity index (χ0n) is 12.3. The minimum atomic E-state index is 0.923. The van der Waals surface area contributed by atoms with E-state index < -0.39 is 0 Å². The zero-order valence-corrected chi connectivity index (χ0v) is 12.3. The third-order valence-electron chi connectivity index (χ3n) is 4.82. The largest absolute Gasteiger partial charge is 0.317 e. The molecule has 1 saturated carbocycles. The molecule has 0 aromatic heterocycles. The third-order valence-corrected chi connectivity index (χ3v) is 4.82. The molecule has 0 aromatic rings. The maximum Gasteiger partial charge on any atom is -0.00463 e. The Morgan fingerprint density at radius 3 is 2.29 bits per heavy atom. The number of hydrogen-bond donors (Lipinski definition) is 1. The minimum absolute atomic E-state index is 0.923. The van der Waals surface area contributed by atoms with Gasteiger partial charge in [0.15, 0.2) is 0 Å². The normalized spacial score (nSPS) is 32.3. The van der Waals surface area contributed by atoms with Crippen molar-refractivity contribution in [3.63, 3.8) is 0 Å². The molecule has 102 valence electrons. The second-order valence-electron chi connectivity index (χ2n) is 6.08. The van der Waals surface area contributed by atoms with Crippen LogP contribution < -0.4 is 5.32 Å². The number of rotatable bonds is 4. The molecule has 1 aliphatic rings. The Morgan fingerprint density at radius 1 is 0.941 bits per heavy atom. The van der Waals surface area contributed by atoms with Crippen molar-refractivity contribution >= 4 is 0 Å². The molecule has 0 saturated heterocycles. The van der Waals surface area contributed by atoms with Gasteiger partial charge in [-0.1, -0.05) is 65.7 Å². The van der Waals surface area contributed by atoms with Crippen LogP contribution in [0.15, 0.2) is 0 Å². The van der Waals surface area contributed by atoms with Gasteiger partial charge in [-0.15, -0.1) is 0 Å². The number of hydrogen-bond acceptors (Lipinski definition) is 1. The Bertz CT molecular complexity index is 176. The van der Waals surface area contributed by atoms with Crippen LogP contribution >= 0.6 is 0 Å². The van der Waals surface area contributed by atoms with Gasteiger partial charge in [0.05, 0.1) is 0 Å². The van der Waals surface area contributed by atoms with Crippen molar-refractivity contribution in [2.75, 3.05) is 13.1 Å². The summed E-state index contributed by atoms with van der Waals surface area (Å²) in [6, 6.07) is 0. The molecule has 17 heavy (non-hydrogen) atoms. The van der Waals surface area contributed by atoms with Crippen molar-refractivity contribution < 1.29 is 0 Å². The van der Waals surface area contributed by atoms with Crippen LogP contribution in [0.5, 0.6) is 0 Å². The van der Waals surface area contributed by atoms with Gasteiger partial charge in [-0.3, -0.25) is 0 Å². The van der Waals surface area contributed by atoms with Crippen LogP contribution in [0, 0.1) is 17.8 Å². The average molecular weight is 239 g/mol. The van der Waals surface area contributed by atoms with Crippen molar-refractivity contribution in [3.05, 3.63) is 0 Å². The van der Waals surface area contributed by atoms with E-state index in [4.69, 9.17) is 0 Å². The van der Waals surface area contributed by atoms with Crippen molar-refractivity contribution in [2.24, 2.45) is 17.8 Å². The maximum atomic E-state index is 3.49. The Kier molecular flexibility index (Phi) is 7.92. The molecule has 0 amide bonds. The van der Waals surface area contributed by atoms with E-state index in [-0.39, 0.29) is 0 Å². The molecule has 0 heterocycles. The molecule has 1 rings (SSSR count). The highest BCUT2D eigenvalue weighted by molar-refractivity contribution is 4.74. The maximum absolute atomic E-state index is 3.49. The second-order valence-corrected chi connectivity index (χ2v) is 6.08. The fourth-order valence-electron chi connectivity index (χ4n) is 3.27. The van der Waals surface area contributed by atoms with Crippen LogP contribution in [0.2, 0.25) is 0 Å². The quantitative estimate of drug-likeness (QED) is 0.706. The molecule has 0 spiro atoms. The first-order valence-corrected chi connectivity index (χ1v) is 7.96. The van der Waals surface area contributed by atoms with Gasteiger partial charge >= 0.3 is 0 Å². The van der Waals surface area contributed by atoms with E-state index in [2.05, 4.69) is 26.1 Å². The van der Waals surface area contributed by atoms with E-state index in [1.54, 1.807) is 0 Å². The van der Waals surface area contributed by atoms with Gasteiger partial charge in [-0.05, 0) is 37.3 Å². The highest BCUT2D eigenvalue weighted by Crippen LogP contribution is 2.32. The van der Waals surface area contributed by atoms with Gasteiger partial charge in [0.2, 0.25) is 0 Å². The topological polar surface area (TPSA) is 12.0 Å². The van der Waals surface area contributed by atoms with Crippen molar-refractivity contribution in [1.29, 1.82) is 0 Å². The molecule has 3 unspecified atom stereocenters. The summed E-state index contributed by atoms with van der Waals surface area (Å²) in [6.07, 6.45) is 11.7. The van der Waals surface area contributed by atoms with E-state index in [1.807, 2.05) is 0 Å². The molecular weight excluding hydrogens is 206 g/mol. The summed E-state index contributed by atoms with van der Waals surface area (Å²) in [7, 11) is 0. The fourth-order valence-corrected chi connectivity index (χ4v) is 3.27. The van der Waals surface area contributed by atoms with E-state index in [1.165, 1.54) is 57.9 Å². The van der Waals surface area contributed by atoms with Crippen molar-refractivity contribution in [1.82, 2.24) is 5.32 Å². The van der Waals surface area contributed by atoms with E-state index in [0.29, 0.717) is 0 Å². The van der Waals surface area contributed by atoms with E-state index in [0.717, 1.165) is 24.3 Å². The SMILES string of the molecule is CCNCCC1CCCCCCCC(C)C1C. The Balaban J connectivity index is 2.42. The minimum Gasteiger partial charge on any atom is -0.317 e. The molecule has 0 bridgehead atoms. The summed E-state index contributed by atoms with van der Waals surface area (Å²) in [6.45, 7) is 9.53. The highest BCUT2D eigenvalue weighted by Gasteiger charge is 2.22. The molecule has 1 heteroatoms. The summed E-state index contributed by atoms with van der Waals surface area (Å²) in [5.41, 5.74) is 0. The first-order valence-electron chi connectivity index (χ1n) is 7.96. The lowest BCUT2D eigenvalue weighted by Crippen LogP contribution is -2.25. The van der Waals surface area contributed by atoms with Crippen LogP contribution in [0.1, 0.15) is 72.1 Å². The van der Waals surface area contributed by atoms with Gasteiger partial charge in [-0.2, -0.15) is 0 Å². The van der Waals surface area contributed by atoms with Crippen LogP contribution in [0.3, 0.4) is 0 Å². The van der Waals surface area contributed by atoms with E-state index in [9.17, 15) is 0 Å². The lowest BCUT2D eigenvalue weighted by atomic mass is 9.76. The monoisotopic (exact) mass is 239 g/mol. The molecule has 0 aliphatic heterocycles. The third kappa shape index (κ3) is 5.90. The van der Waals surface area contributed by atoms with Gasteiger partial charge in [0.25, 0.3) is 0 Å². The van der Waals surface area contributed by atoms with Crippen LogP contribution in [-0.4, -0.2) is 13.1 Å². The Hall–Kier alpha value is -0.0400. The summed E-state index contributed by atoms with van der Waals surface area (Å²) in [4.78, 5) is 0. The summed E-state index contributed by atoms with van der Waals surface area (Å²) in [5, 5.41) is 3.49. The predicted molar refractivity (Wildman–Crippen MR) is 77.3 cm³/mol. The van der Waals surface area contributed by atoms with Crippen LogP contribution in [-0.2, 0) is 0 Å². The molecule has 1 nitrogen and oxygen atoms in total. The average Bonchev–Trinajstić information content (AvgIpc) is 2.34. The van der Waals surface area contributed by atoms with Gasteiger partial charge in [0, 0.05) is 0 Å². The first-order chi connectivity index (χ1) is 8.25. The predicted octanol–water partition coefficient (Wildman–Crippen LogP) is 4.62. The molecule has 0 radical (unpaired) electrons. The lowest BCUT2D eigenvalue weighted by molar-refractivity contribution is 0.210. The van der Waals surface area contributed by atoms with Crippen LogP contribution in [0.4, 0.5) is 0 Å². The molecular formula is C16H33N. The first kappa shape index (κ1) is 15.0. The zero-order chi connectivity index (χ0) is 12.5. The Morgan fingerprint density at radius 2 is 1.59 bits per heavy atom. The highest BCUT2D eigenvalue weighted by atomic mass is 14.8. The number of nitrogens with one attached hydrogen (secondary N) is 1. The fraction of sp³-hybridized carbons (Fsp3) is 1.00. The van der Waals surface area contributed by atoms with Gasteiger partial charge < -0.3 is 5.32 Å². The summed E-state index contributed by atoms with van der Waals surface area (Å²) >= 11 is 0. The summed E-state index contributed by atoms with van der Waals surface area (Å²) < 4.78 is 0. The lowest BCUT2D eigenvalue weighted by Gasteiger charge is -2.30. The van der Waals surface area contributed by atoms with Crippen molar-refractivity contribution in [3.8, 4) is 0 Å². The molecule has 3 atom stereocenters. The molecule has 0 aromatic carbocycles. The van der Waals surface area contributed by atoms with Gasteiger partial charge in [-0.25, -0.2) is 0 Å². The molecule has 1 fully saturated rings. The standard InChI is InChI=1S/C16H33N/c1-4-17-13-12-16-11-9-7-5-6-8-10-14(2)15(16)3/h14-17H,4-13H2,1-3H3. The molecule has 1 N–H and O–H groups in total. The van der Waals surface area contributed by atoms with Gasteiger partial charge in [0.1, 0.15) is 0 Å². The van der Waals surface area contributed by atoms with E-state index >= 15 is 0 Å². The second kappa shape index (κ2) is 8.97.